The van der Waals surface area contributed by atoms with Gasteiger partial charge in [-0.2, -0.15) is 0 Å². The molecule has 0 amide bonds. The maximum absolute atomic E-state index is 4.59. The van der Waals surface area contributed by atoms with Crippen LogP contribution in [0.15, 0.2) is 140 Å². The van der Waals surface area contributed by atoms with Crippen LogP contribution >= 0.6 is 0 Å². The zero-order valence-corrected chi connectivity index (χ0v) is 24.4. The number of rotatable bonds is 3. The summed E-state index contributed by atoms with van der Waals surface area (Å²) in [5, 5.41) is 4.95. The van der Waals surface area contributed by atoms with Crippen molar-refractivity contribution < 1.29 is 20.1 Å². The van der Waals surface area contributed by atoms with Crippen molar-refractivity contribution in [1.29, 1.82) is 0 Å². The van der Waals surface area contributed by atoms with Crippen LogP contribution in [0, 0.1) is 19.1 Å². The number of pyridine rings is 2. The minimum Gasteiger partial charge on any atom is -0.305 e. The molecule has 2 nitrogen and oxygen atoms in total. The Hall–Kier alpha value is -4.43. The Kier molecular flexibility index (Phi) is 8.56. The summed E-state index contributed by atoms with van der Waals surface area (Å²) in [7, 11) is 0. The Bertz CT molecular complexity index is 1810. The van der Waals surface area contributed by atoms with E-state index in [9.17, 15) is 0 Å². The fourth-order valence-corrected chi connectivity index (χ4v) is 4.82. The summed E-state index contributed by atoms with van der Waals surface area (Å²) in [6.45, 7) is 2.10. The smallest absolute Gasteiger partial charge is 0.0167 e. The first-order valence-electron chi connectivity index (χ1n) is 13.0. The van der Waals surface area contributed by atoms with Crippen molar-refractivity contribution in [3.63, 3.8) is 0 Å². The monoisotopic (exact) mass is 691 g/mol. The third-order valence-corrected chi connectivity index (χ3v) is 6.73. The van der Waals surface area contributed by atoms with E-state index in [1.807, 2.05) is 54.7 Å². The number of hydrogen-bond acceptors (Lipinski definition) is 2. The molecule has 195 valence electrons. The van der Waals surface area contributed by atoms with Gasteiger partial charge in [0.25, 0.3) is 0 Å². The second-order valence-electron chi connectivity index (χ2n) is 9.39. The van der Waals surface area contributed by atoms with Gasteiger partial charge in [0, 0.05) is 32.5 Å². The van der Waals surface area contributed by atoms with Crippen LogP contribution in [0.4, 0.5) is 0 Å². The van der Waals surface area contributed by atoms with Crippen molar-refractivity contribution >= 4 is 21.5 Å². The van der Waals surface area contributed by atoms with Gasteiger partial charge in [0.15, 0.2) is 0 Å². The first-order chi connectivity index (χ1) is 19.3. The SMILES string of the molecule is Cc1cc[c-]c(-c2nccc3c2ccc2ccccc23)c1.[Ir].[c-]1ccc(-c2ccccc2)cc1-c1ccccn1. The zero-order valence-electron chi connectivity index (χ0n) is 22.0. The van der Waals surface area contributed by atoms with Crippen molar-refractivity contribution in [3.8, 4) is 33.6 Å². The van der Waals surface area contributed by atoms with Gasteiger partial charge in [-0.1, -0.05) is 85.8 Å². The topological polar surface area (TPSA) is 25.8 Å². The van der Waals surface area contributed by atoms with Crippen LogP contribution in [0.1, 0.15) is 5.56 Å². The van der Waals surface area contributed by atoms with Crippen molar-refractivity contribution in [2.45, 2.75) is 6.92 Å². The summed E-state index contributed by atoms with van der Waals surface area (Å²) >= 11 is 0. The van der Waals surface area contributed by atoms with Crippen LogP contribution in [0.3, 0.4) is 0 Å². The minimum atomic E-state index is 0. The Morgan fingerprint density at radius 3 is 2.12 bits per heavy atom. The van der Waals surface area contributed by atoms with Crippen LogP contribution in [0.2, 0.25) is 0 Å². The number of nitrogens with zero attached hydrogens (tertiary/aromatic N) is 2. The molecule has 0 atom stereocenters. The van der Waals surface area contributed by atoms with Gasteiger partial charge < -0.3 is 9.97 Å². The van der Waals surface area contributed by atoms with Crippen molar-refractivity contribution in [1.82, 2.24) is 9.97 Å². The first kappa shape index (κ1) is 27.1. The Labute approximate surface area is 248 Å². The zero-order chi connectivity index (χ0) is 26.4. The van der Waals surface area contributed by atoms with Crippen molar-refractivity contribution in [3.05, 3.63) is 157 Å². The van der Waals surface area contributed by atoms with Gasteiger partial charge >= 0.3 is 0 Å². The number of aryl methyl sites for hydroxylation is 1. The summed E-state index contributed by atoms with van der Waals surface area (Å²) in [5.41, 5.74) is 7.66. The van der Waals surface area contributed by atoms with Gasteiger partial charge in [0.2, 0.25) is 0 Å². The molecule has 3 heteroatoms. The predicted octanol–water partition coefficient (Wildman–Crippen LogP) is 9.38. The number of aromatic nitrogens is 2. The van der Waals surface area contributed by atoms with Gasteiger partial charge in [-0.05, 0) is 50.6 Å². The van der Waals surface area contributed by atoms with E-state index >= 15 is 0 Å². The molecule has 0 aliphatic rings. The standard InChI is InChI=1S/C20H14N.C17H12N.Ir/c1-14-5-4-7-16(13-14)20-19-10-9-15-6-2-3-8-17(15)18(19)11-12-21-20;1-2-7-14(8-3-1)15-9-6-10-16(13-15)17-11-4-5-12-18-17;/h2-6,8-13H,1H3;1-9,11-13H;/q2*-1;. The predicted molar refractivity (Wildman–Crippen MR) is 162 cm³/mol. The van der Waals surface area contributed by atoms with Gasteiger partial charge in [-0.25, -0.2) is 0 Å². The molecule has 5 aromatic carbocycles. The fraction of sp³-hybridized carbons (Fsp3) is 0.0270. The molecule has 0 aliphatic carbocycles. The molecule has 2 heterocycles. The molecule has 0 fully saturated rings. The molecule has 0 aliphatic heterocycles. The third-order valence-electron chi connectivity index (χ3n) is 6.73. The van der Waals surface area contributed by atoms with Crippen molar-refractivity contribution in [2.24, 2.45) is 0 Å². The molecule has 2 aromatic heterocycles. The van der Waals surface area contributed by atoms with E-state index in [1.165, 1.54) is 38.2 Å². The molecule has 7 rings (SSSR count). The maximum Gasteiger partial charge on any atom is 0.0167 e. The molecule has 0 N–H and O–H groups in total. The molecule has 0 saturated carbocycles. The van der Waals surface area contributed by atoms with E-state index in [4.69, 9.17) is 0 Å². The van der Waals surface area contributed by atoms with E-state index in [1.54, 1.807) is 6.20 Å². The van der Waals surface area contributed by atoms with Crippen molar-refractivity contribution in [2.75, 3.05) is 0 Å². The fourth-order valence-electron chi connectivity index (χ4n) is 4.82. The normalized spacial score (nSPS) is 10.4. The second-order valence-corrected chi connectivity index (χ2v) is 9.39. The van der Waals surface area contributed by atoms with E-state index in [0.29, 0.717) is 0 Å². The quantitative estimate of drug-likeness (QED) is 0.136. The molecule has 7 aromatic rings. The van der Waals surface area contributed by atoms with Crippen LogP contribution in [-0.4, -0.2) is 9.97 Å². The minimum absolute atomic E-state index is 0. The Balaban J connectivity index is 0.000000159. The summed E-state index contributed by atoms with van der Waals surface area (Å²) in [6, 6.07) is 50.0. The molecule has 1 radical (unpaired) electrons. The molecule has 0 saturated heterocycles. The van der Waals surface area contributed by atoms with Crippen LogP contribution in [0.25, 0.3) is 55.2 Å². The van der Waals surface area contributed by atoms with Gasteiger partial charge in [-0.3, -0.25) is 0 Å². The molecule has 40 heavy (non-hydrogen) atoms. The maximum atomic E-state index is 4.59. The average Bonchev–Trinajstić information content (AvgIpc) is 3.02. The summed E-state index contributed by atoms with van der Waals surface area (Å²) < 4.78 is 0. The first-order valence-corrected chi connectivity index (χ1v) is 13.0. The van der Waals surface area contributed by atoms with Crippen LogP contribution in [0.5, 0.6) is 0 Å². The number of fused-ring (bicyclic) bond motifs is 3. The second kappa shape index (κ2) is 12.6. The summed E-state index contributed by atoms with van der Waals surface area (Å²) in [6.07, 6.45) is 3.69. The van der Waals surface area contributed by atoms with Gasteiger partial charge in [0.05, 0.1) is 0 Å². The molecular weight excluding hydrogens is 665 g/mol. The summed E-state index contributed by atoms with van der Waals surface area (Å²) in [4.78, 5) is 8.95. The van der Waals surface area contributed by atoms with E-state index < -0.39 is 0 Å². The molecular formula is C37H26IrN2-2. The van der Waals surface area contributed by atoms with E-state index in [-0.39, 0.29) is 20.1 Å². The number of benzene rings is 5. The largest absolute Gasteiger partial charge is 0.305 e. The Morgan fingerprint density at radius 2 is 1.30 bits per heavy atom. The average molecular weight is 691 g/mol. The van der Waals surface area contributed by atoms with E-state index in [2.05, 4.69) is 108 Å². The summed E-state index contributed by atoms with van der Waals surface area (Å²) in [5.74, 6) is 0. The van der Waals surface area contributed by atoms with Crippen LogP contribution < -0.4 is 0 Å². The third kappa shape index (κ3) is 5.92. The number of hydrogen-bond donors (Lipinski definition) is 0. The molecule has 0 unspecified atom stereocenters. The Morgan fingerprint density at radius 1 is 0.525 bits per heavy atom. The molecule has 0 bridgehead atoms. The molecule has 0 spiro atoms. The van der Waals surface area contributed by atoms with E-state index in [0.717, 1.165) is 22.5 Å². The van der Waals surface area contributed by atoms with Gasteiger partial charge in [0.1, 0.15) is 0 Å². The van der Waals surface area contributed by atoms with Gasteiger partial charge in [-0.15, -0.1) is 70.8 Å². The van der Waals surface area contributed by atoms with Crippen LogP contribution in [-0.2, 0) is 20.1 Å².